The number of aromatic nitrogens is 3. The van der Waals surface area contributed by atoms with Crippen LogP contribution in [0.5, 0.6) is 0 Å². The SMILES string of the molecule is CCNC(Cc1ncnn1CC)C(CC)(CC)OC. The maximum absolute atomic E-state index is 5.85. The molecule has 0 fully saturated rings. The summed E-state index contributed by atoms with van der Waals surface area (Å²) in [5, 5.41) is 7.80. The van der Waals surface area contributed by atoms with E-state index in [1.165, 1.54) is 0 Å². The van der Waals surface area contributed by atoms with Gasteiger partial charge in [0.1, 0.15) is 12.2 Å². The minimum Gasteiger partial charge on any atom is -0.377 e. The van der Waals surface area contributed by atoms with Gasteiger partial charge < -0.3 is 10.1 Å². The molecule has 1 aromatic rings. The zero-order valence-electron chi connectivity index (χ0n) is 12.9. The summed E-state index contributed by atoms with van der Waals surface area (Å²) >= 11 is 0. The number of nitrogens with zero attached hydrogens (tertiary/aromatic N) is 3. The minimum atomic E-state index is -0.138. The highest BCUT2D eigenvalue weighted by Crippen LogP contribution is 2.26. The predicted molar refractivity (Wildman–Crippen MR) is 77.2 cm³/mol. The molecule has 19 heavy (non-hydrogen) atoms. The van der Waals surface area contributed by atoms with E-state index in [2.05, 4.69) is 43.1 Å². The number of hydrogen-bond acceptors (Lipinski definition) is 4. The lowest BCUT2D eigenvalue weighted by Crippen LogP contribution is -2.53. The number of methoxy groups -OCH3 is 1. The van der Waals surface area contributed by atoms with E-state index in [0.717, 1.165) is 38.2 Å². The van der Waals surface area contributed by atoms with E-state index in [9.17, 15) is 0 Å². The van der Waals surface area contributed by atoms with Crippen LogP contribution in [-0.2, 0) is 17.7 Å². The summed E-state index contributed by atoms with van der Waals surface area (Å²) in [7, 11) is 1.81. The highest BCUT2D eigenvalue weighted by atomic mass is 16.5. The zero-order chi connectivity index (χ0) is 14.3. The van der Waals surface area contributed by atoms with Gasteiger partial charge in [-0.15, -0.1) is 0 Å². The van der Waals surface area contributed by atoms with Crippen molar-refractivity contribution in [2.45, 2.75) is 65.1 Å². The molecule has 1 N–H and O–H groups in total. The molecular weight excluding hydrogens is 240 g/mol. The third-order valence-electron chi connectivity index (χ3n) is 4.07. The van der Waals surface area contributed by atoms with Crippen LogP contribution in [0.25, 0.3) is 0 Å². The van der Waals surface area contributed by atoms with Crippen molar-refractivity contribution in [2.24, 2.45) is 0 Å². The molecule has 0 aliphatic carbocycles. The Labute approximate surface area is 116 Å². The van der Waals surface area contributed by atoms with E-state index in [4.69, 9.17) is 4.74 Å². The molecule has 0 bridgehead atoms. The average Bonchev–Trinajstić information content (AvgIpc) is 2.89. The monoisotopic (exact) mass is 268 g/mol. The van der Waals surface area contributed by atoms with Crippen molar-refractivity contribution in [3.63, 3.8) is 0 Å². The van der Waals surface area contributed by atoms with Crippen LogP contribution in [0.3, 0.4) is 0 Å². The first-order valence-corrected chi connectivity index (χ1v) is 7.32. The van der Waals surface area contributed by atoms with Crippen LogP contribution in [0.15, 0.2) is 6.33 Å². The first-order chi connectivity index (χ1) is 9.17. The minimum absolute atomic E-state index is 0.138. The molecule has 5 heteroatoms. The van der Waals surface area contributed by atoms with Crippen molar-refractivity contribution < 1.29 is 4.74 Å². The van der Waals surface area contributed by atoms with E-state index in [1.54, 1.807) is 6.33 Å². The Balaban J connectivity index is 2.94. The smallest absolute Gasteiger partial charge is 0.138 e. The lowest BCUT2D eigenvalue weighted by Gasteiger charge is -2.38. The molecular formula is C14H28N4O. The van der Waals surface area contributed by atoms with Crippen LogP contribution in [0.1, 0.15) is 46.4 Å². The van der Waals surface area contributed by atoms with Gasteiger partial charge in [0.25, 0.3) is 0 Å². The third-order valence-corrected chi connectivity index (χ3v) is 4.07. The maximum Gasteiger partial charge on any atom is 0.138 e. The Morgan fingerprint density at radius 3 is 2.47 bits per heavy atom. The Hall–Kier alpha value is -0.940. The maximum atomic E-state index is 5.85. The highest BCUT2D eigenvalue weighted by Gasteiger charge is 2.36. The van der Waals surface area contributed by atoms with Crippen LogP contribution in [-0.4, -0.2) is 40.1 Å². The molecule has 0 saturated carbocycles. The molecule has 5 nitrogen and oxygen atoms in total. The topological polar surface area (TPSA) is 52.0 Å². The molecule has 1 aromatic heterocycles. The summed E-state index contributed by atoms with van der Waals surface area (Å²) in [5.74, 6) is 1.02. The molecule has 0 amide bonds. The second-order valence-electron chi connectivity index (χ2n) is 4.78. The predicted octanol–water partition coefficient (Wildman–Crippen LogP) is 2.02. The lowest BCUT2D eigenvalue weighted by molar-refractivity contribution is -0.0475. The van der Waals surface area contributed by atoms with Gasteiger partial charge in [0.2, 0.25) is 0 Å². The van der Waals surface area contributed by atoms with Crippen molar-refractivity contribution in [3.05, 3.63) is 12.2 Å². The van der Waals surface area contributed by atoms with Crippen molar-refractivity contribution in [1.29, 1.82) is 0 Å². The van der Waals surface area contributed by atoms with E-state index >= 15 is 0 Å². The average molecular weight is 268 g/mol. The van der Waals surface area contributed by atoms with Crippen LogP contribution in [0.2, 0.25) is 0 Å². The van der Waals surface area contributed by atoms with Gasteiger partial charge in [-0.05, 0) is 26.3 Å². The molecule has 110 valence electrons. The Bertz CT molecular complexity index is 352. The number of aryl methyl sites for hydroxylation is 1. The van der Waals surface area contributed by atoms with Gasteiger partial charge in [0, 0.05) is 26.1 Å². The quantitative estimate of drug-likeness (QED) is 0.744. The molecule has 0 aliphatic rings. The molecule has 0 saturated heterocycles. The normalized spacial score (nSPS) is 13.7. The summed E-state index contributed by atoms with van der Waals surface area (Å²) in [4.78, 5) is 4.38. The van der Waals surface area contributed by atoms with Crippen LogP contribution < -0.4 is 5.32 Å². The fourth-order valence-corrected chi connectivity index (χ4v) is 2.76. The lowest BCUT2D eigenvalue weighted by atomic mass is 9.86. The second kappa shape index (κ2) is 7.60. The van der Waals surface area contributed by atoms with Crippen LogP contribution in [0.4, 0.5) is 0 Å². The standard InChI is InChI=1S/C14H28N4O/c1-6-14(7-2,19-5)12(15-8-3)10-13-16-11-17-18(13)9-4/h11-12,15H,6-10H2,1-5H3. The number of nitrogens with one attached hydrogen (secondary N) is 1. The third kappa shape index (κ3) is 3.54. The largest absolute Gasteiger partial charge is 0.377 e. The first kappa shape index (κ1) is 16.1. The zero-order valence-corrected chi connectivity index (χ0v) is 12.9. The van der Waals surface area contributed by atoms with E-state index in [1.807, 2.05) is 11.8 Å². The number of rotatable bonds is 9. The van der Waals surface area contributed by atoms with Crippen molar-refractivity contribution in [1.82, 2.24) is 20.1 Å². The summed E-state index contributed by atoms with van der Waals surface area (Å²) in [6.07, 6.45) is 4.45. The Kier molecular flexibility index (Phi) is 6.45. The number of hydrogen-bond donors (Lipinski definition) is 1. The molecule has 0 aliphatic heterocycles. The molecule has 1 atom stereocenters. The van der Waals surface area contributed by atoms with Crippen LogP contribution in [0, 0.1) is 0 Å². The van der Waals surface area contributed by atoms with E-state index < -0.39 is 0 Å². The van der Waals surface area contributed by atoms with Gasteiger partial charge in [-0.3, -0.25) is 4.68 Å². The molecule has 0 aromatic carbocycles. The summed E-state index contributed by atoms with van der Waals surface area (Å²) < 4.78 is 7.81. The number of likely N-dealkylation sites (N-methyl/N-ethyl adjacent to an activating group) is 1. The second-order valence-corrected chi connectivity index (χ2v) is 4.78. The molecule has 1 unspecified atom stereocenters. The van der Waals surface area contributed by atoms with Gasteiger partial charge >= 0.3 is 0 Å². The van der Waals surface area contributed by atoms with Crippen molar-refractivity contribution in [3.8, 4) is 0 Å². The Morgan fingerprint density at radius 2 is 2.00 bits per heavy atom. The molecule has 1 heterocycles. The van der Waals surface area contributed by atoms with E-state index in [-0.39, 0.29) is 11.6 Å². The fourth-order valence-electron chi connectivity index (χ4n) is 2.76. The van der Waals surface area contributed by atoms with Gasteiger partial charge in [-0.2, -0.15) is 5.10 Å². The van der Waals surface area contributed by atoms with Gasteiger partial charge in [0.05, 0.1) is 5.60 Å². The van der Waals surface area contributed by atoms with Crippen LogP contribution >= 0.6 is 0 Å². The summed E-state index contributed by atoms with van der Waals surface area (Å²) in [6, 6.07) is 0.256. The summed E-state index contributed by atoms with van der Waals surface area (Å²) in [6.45, 7) is 10.4. The Morgan fingerprint density at radius 1 is 1.32 bits per heavy atom. The number of ether oxygens (including phenoxy) is 1. The van der Waals surface area contributed by atoms with Gasteiger partial charge in [0.15, 0.2) is 0 Å². The highest BCUT2D eigenvalue weighted by molar-refractivity contribution is 4.99. The van der Waals surface area contributed by atoms with Gasteiger partial charge in [-0.1, -0.05) is 20.8 Å². The summed E-state index contributed by atoms with van der Waals surface area (Å²) in [5.41, 5.74) is -0.138. The van der Waals surface area contributed by atoms with Crippen molar-refractivity contribution in [2.75, 3.05) is 13.7 Å². The fraction of sp³-hybridized carbons (Fsp3) is 0.857. The molecule has 0 spiro atoms. The van der Waals surface area contributed by atoms with E-state index in [0.29, 0.717) is 0 Å². The first-order valence-electron chi connectivity index (χ1n) is 7.32. The molecule has 1 rings (SSSR count). The van der Waals surface area contributed by atoms with Crippen molar-refractivity contribution >= 4 is 0 Å². The van der Waals surface area contributed by atoms with Gasteiger partial charge in [-0.25, -0.2) is 4.98 Å². The molecule has 0 radical (unpaired) electrons.